The molecule has 0 radical (unpaired) electrons. The summed E-state index contributed by atoms with van der Waals surface area (Å²) < 4.78 is 0. The minimum Gasteiger partial charge on any atom is -0.395 e. The summed E-state index contributed by atoms with van der Waals surface area (Å²) >= 11 is 1.89. The lowest BCUT2D eigenvalue weighted by molar-refractivity contribution is 0.0939. The molecular weight excluding hydrogens is 282 g/mol. The Morgan fingerprint density at radius 3 is 2.71 bits per heavy atom. The number of hydrogen-bond acceptors (Lipinski definition) is 3. The van der Waals surface area contributed by atoms with Crippen molar-refractivity contribution in [3.63, 3.8) is 0 Å². The van der Waals surface area contributed by atoms with Crippen molar-refractivity contribution in [2.45, 2.75) is 32.7 Å². The third kappa shape index (κ3) is 7.22. The van der Waals surface area contributed by atoms with Gasteiger partial charge in [0.2, 0.25) is 0 Å². The number of amides is 1. The normalized spacial score (nSPS) is 11.4. The van der Waals surface area contributed by atoms with Crippen LogP contribution in [0.3, 0.4) is 0 Å². The number of nitrogens with one attached hydrogen (secondary N) is 1. The molecule has 4 heteroatoms. The Morgan fingerprint density at radius 2 is 2.10 bits per heavy atom. The van der Waals surface area contributed by atoms with E-state index in [9.17, 15) is 4.79 Å². The maximum Gasteiger partial charge on any atom is 0.251 e. The Labute approximate surface area is 131 Å². The SMILES string of the molecule is CCSCCC(C)NC(=O)c1ccc(C#CCCO)cc1. The summed E-state index contributed by atoms with van der Waals surface area (Å²) in [6, 6.07) is 7.41. The third-order valence-electron chi connectivity index (χ3n) is 2.89. The number of hydrogen-bond donors (Lipinski definition) is 2. The maximum atomic E-state index is 12.1. The van der Waals surface area contributed by atoms with Crippen LogP contribution in [0.4, 0.5) is 0 Å². The molecule has 3 nitrogen and oxygen atoms in total. The van der Waals surface area contributed by atoms with E-state index in [0.717, 1.165) is 23.5 Å². The van der Waals surface area contributed by atoms with Crippen molar-refractivity contribution in [1.82, 2.24) is 5.32 Å². The standard InChI is InChI=1S/C17H23NO2S/c1-3-21-13-11-14(2)18-17(20)16-9-7-15(8-10-16)6-4-5-12-19/h7-10,14,19H,3,5,11-13H2,1-2H3,(H,18,20). The summed E-state index contributed by atoms with van der Waals surface area (Å²) in [6.45, 7) is 4.24. The first-order valence-corrected chi connectivity index (χ1v) is 8.41. The van der Waals surface area contributed by atoms with Gasteiger partial charge >= 0.3 is 0 Å². The van der Waals surface area contributed by atoms with Gasteiger partial charge in [-0.2, -0.15) is 11.8 Å². The van der Waals surface area contributed by atoms with E-state index in [2.05, 4.69) is 24.1 Å². The monoisotopic (exact) mass is 305 g/mol. The molecule has 114 valence electrons. The van der Waals surface area contributed by atoms with Gasteiger partial charge in [0.1, 0.15) is 0 Å². The highest BCUT2D eigenvalue weighted by Gasteiger charge is 2.09. The first kappa shape index (κ1) is 17.6. The quantitative estimate of drug-likeness (QED) is 0.601. The molecule has 0 aliphatic heterocycles. The van der Waals surface area contributed by atoms with Crippen LogP contribution in [0.2, 0.25) is 0 Å². The van der Waals surface area contributed by atoms with E-state index in [4.69, 9.17) is 5.11 Å². The highest BCUT2D eigenvalue weighted by atomic mass is 32.2. The van der Waals surface area contributed by atoms with Gasteiger partial charge in [0.15, 0.2) is 0 Å². The molecule has 0 spiro atoms. The Kier molecular flexibility index (Phi) is 8.65. The van der Waals surface area contributed by atoms with Gasteiger partial charge < -0.3 is 10.4 Å². The Balaban J connectivity index is 2.49. The molecular formula is C17H23NO2S. The predicted octanol–water partition coefficient (Wildman–Crippen LogP) is 2.68. The number of benzene rings is 1. The Bertz CT molecular complexity index is 488. The van der Waals surface area contributed by atoms with Gasteiger partial charge in [0.25, 0.3) is 5.91 Å². The number of aliphatic hydroxyl groups excluding tert-OH is 1. The number of rotatable bonds is 7. The second-order valence-electron chi connectivity index (χ2n) is 4.71. The first-order chi connectivity index (χ1) is 10.2. The Morgan fingerprint density at radius 1 is 1.38 bits per heavy atom. The lowest BCUT2D eigenvalue weighted by Gasteiger charge is -2.13. The van der Waals surface area contributed by atoms with Crippen LogP contribution in [-0.2, 0) is 0 Å². The molecule has 0 saturated carbocycles. The molecule has 0 bridgehead atoms. The number of aliphatic hydroxyl groups is 1. The molecule has 0 aromatic heterocycles. The summed E-state index contributed by atoms with van der Waals surface area (Å²) in [5, 5.41) is 11.7. The molecule has 1 aromatic rings. The van der Waals surface area contributed by atoms with Crippen molar-refractivity contribution in [3.05, 3.63) is 35.4 Å². The lowest BCUT2D eigenvalue weighted by Crippen LogP contribution is -2.32. The van der Waals surface area contributed by atoms with Crippen LogP contribution < -0.4 is 5.32 Å². The summed E-state index contributed by atoms with van der Waals surface area (Å²) in [7, 11) is 0. The molecule has 0 saturated heterocycles. The van der Waals surface area contributed by atoms with E-state index in [0.29, 0.717) is 12.0 Å². The van der Waals surface area contributed by atoms with Crippen LogP contribution in [-0.4, -0.2) is 35.2 Å². The lowest BCUT2D eigenvalue weighted by atomic mass is 10.1. The molecule has 1 aromatic carbocycles. The maximum absolute atomic E-state index is 12.1. The summed E-state index contributed by atoms with van der Waals surface area (Å²) in [5.74, 6) is 7.94. The number of carbonyl (C=O) groups is 1. The molecule has 0 fully saturated rings. The zero-order chi connectivity index (χ0) is 15.5. The molecule has 21 heavy (non-hydrogen) atoms. The molecule has 0 aliphatic carbocycles. The van der Waals surface area contributed by atoms with E-state index < -0.39 is 0 Å². The van der Waals surface area contributed by atoms with E-state index in [1.807, 2.05) is 30.8 Å². The van der Waals surface area contributed by atoms with Gasteiger partial charge in [0.05, 0.1) is 6.61 Å². The highest BCUT2D eigenvalue weighted by molar-refractivity contribution is 7.99. The van der Waals surface area contributed by atoms with E-state index in [-0.39, 0.29) is 18.6 Å². The van der Waals surface area contributed by atoms with Crippen molar-refractivity contribution in [1.29, 1.82) is 0 Å². The van der Waals surface area contributed by atoms with Gasteiger partial charge in [0, 0.05) is 23.6 Å². The highest BCUT2D eigenvalue weighted by Crippen LogP contribution is 2.07. The van der Waals surface area contributed by atoms with E-state index in [1.165, 1.54) is 0 Å². The second kappa shape index (κ2) is 10.3. The zero-order valence-electron chi connectivity index (χ0n) is 12.7. The molecule has 0 heterocycles. The van der Waals surface area contributed by atoms with Crippen molar-refractivity contribution in [2.24, 2.45) is 0 Å². The molecule has 1 rings (SSSR count). The molecule has 2 N–H and O–H groups in total. The largest absolute Gasteiger partial charge is 0.395 e. The average Bonchev–Trinajstić information content (AvgIpc) is 2.48. The van der Waals surface area contributed by atoms with Crippen LogP contribution in [0.1, 0.15) is 42.6 Å². The molecule has 1 atom stereocenters. The van der Waals surface area contributed by atoms with Crippen LogP contribution in [0.5, 0.6) is 0 Å². The van der Waals surface area contributed by atoms with Crippen LogP contribution >= 0.6 is 11.8 Å². The number of carbonyl (C=O) groups excluding carboxylic acids is 1. The van der Waals surface area contributed by atoms with Crippen molar-refractivity contribution in [3.8, 4) is 11.8 Å². The Hall–Kier alpha value is -1.44. The van der Waals surface area contributed by atoms with Gasteiger partial charge in [-0.1, -0.05) is 18.8 Å². The summed E-state index contributed by atoms with van der Waals surface area (Å²) in [5.41, 5.74) is 1.50. The van der Waals surface area contributed by atoms with Gasteiger partial charge in [-0.05, 0) is 49.1 Å². The minimum atomic E-state index is -0.0427. The van der Waals surface area contributed by atoms with Gasteiger partial charge in [-0.15, -0.1) is 0 Å². The van der Waals surface area contributed by atoms with Crippen LogP contribution in [0.15, 0.2) is 24.3 Å². The average molecular weight is 305 g/mol. The fourth-order valence-electron chi connectivity index (χ4n) is 1.71. The fraction of sp³-hybridized carbons (Fsp3) is 0.471. The van der Waals surface area contributed by atoms with E-state index in [1.54, 1.807) is 12.1 Å². The summed E-state index contributed by atoms with van der Waals surface area (Å²) in [4.78, 5) is 12.1. The van der Waals surface area contributed by atoms with Crippen LogP contribution in [0, 0.1) is 11.8 Å². The van der Waals surface area contributed by atoms with Gasteiger partial charge in [-0.25, -0.2) is 0 Å². The van der Waals surface area contributed by atoms with Crippen molar-refractivity contribution >= 4 is 17.7 Å². The smallest absolute Gasteiger partial charge is 0.251 e. The van der Waals surface area contributed by atoms with Crippen molar-refractivity contribution < 1.29 is 9.90 Å². The van der Waals surface area contributed by atoms with Gasteiger partial charge in [-0.3, -0.25) is 4.79 Å². The molecule has 0 aliphatic rings. The van der Waals surface area contributed by atoms with E-state index >= 15 is 0 Å². The molecule has 1 amide bonds. The minimum absolute atomic E-state index is 0.0427. The predicted molar refractivity (Wildman–Crippen MR) is 89.6 cm³/mol. The molecule has 1 unspecified atom stereocenters. The third-order valence-corrected chi connectivity index (χ3v) is 3.83. The topological polar surface area (TPSA) is 49.3 Å². The summed E-state index contributed by atoms with van der Waals surface area (Å²) in [6.07, 6.45) is 1.45. The zero-order valence-corrected chi connectivity index (χ0v) is 13.5. The number of thioether (sulfide) groups is 1. The van der Waals surface area contributed by atoms with Crippen molar-refractivity contribution in [2.75, 3.05) is 18.1 Å². The first-order valence-electron chi connectivity index (χ1n) is 7.25. The fourth-order valence-corrected chi connectivity index (χ4v) is 2.52. The van der Waals surface area contributed by atoms with Crippen LogP contribution in [0.25, 0.3) is 0 Å². The second-order valence-corrected chi connectivity index (χ2v) is 6.11.